The zero-order valence-electron chi connectivity index (χ0n) is 8.77. The van der Waals surface area contributed by atoms with Crippen molar-refractivity contribution in [1.82, 2.24) is 9.78 Å². The lowest BCUT2D eigenvalue weighted by molar-refractivity contribution is -0.146. The summed E-state index contributed by atoms with van der Waals surface area (Å²) in [7, 11) is 0. The van der Waals surface area contributed by atoms with Crippen LogP contribution < -0.4 is 0 Å². The van der Waals surface area contributed by atoms with E-state index in [9.17, 15) is 9.59 Å². The second kappa shape index (κ2) is 4.37. The Labute approximate surface area is 101 Å². The van der Waals surface area contributed by atoms with E-state index in [2.05, 4.69) is 21.0 Å². The van der Waals surface area contributed by atoms with Crippen LogP contribution >= 0.6 is 15.9 Å². The van der Waals surface area contributed by atoms with Crippen LogP contribution in [-0.4, -0.2) is 28.1 Å². The average molecular weight is 287 g/mol. The Balaban J connectivity index is 2.24. The maximum Gasteiger partial charge on any atom is 0.316 e. The molecule has 0 amide bonds. The maximum absolute atomic E-state index is 12.0. The average Bonchev–Trinajstić information content (AvgIpc) is 2.60. The Hall–Kier alpha value is -1.17. The van der Waals surface area contributed by atoms with Gasteiger partial charge in [0.2, 0.25) is 0 Å². The van der Waals surface area contributed by atoms with E-state index < -0.39 is 11.9 Å². The van der Waals surface area contributed by atoms with Gasteiger partial charge < -0.3 is 4.74 Å². The summed E-state index contributed by atoms with van der Waals surface area (Å²) in [5.41, 5.74) is 0.469. The molecule has 6 heteroatoms. The first-order valence-corrected chi connectivity index (χ1v) is 5.87. The molecule has 2 heterocycles. The Morgan fingerprint density at radius 2 is 2.50 bits per heavy atom. The van der Waals surface area contributed by atoms with Crippen LogP contribution in [0.25, 0.3) is 0 Å². The molecular formula is C10H11BrN2O3. The number of rotatable bonds is 2. The van der Waals surface area contributed by atoms with Crippen LogP contribution in [0.1, 0.15) is 23.8 Å². The van der Waals surface area contributed by atoms with Gasteiger partial charge in [-0.3, -0.25) is 14.3 Å². The summed E-state index contributed by atoms with van der Waals surface area (Å²) < 4.78 is 7.10. The van der Waals surface area contributed by atoms with Crippen LogP contribution in [0.5, 0.6) is 0 Å². The van der Waals surface area contributed by atoms with Gasteiger partial charge in [-0.05, 0) is 29.3 Å². The predicted molar refractivity (Wildman–Crippen MR) is 59.0 cm³/mol. The van der Waals surface area contributed by atoms with Crippen molar-refractivity contribution in [2.24, 2.45) is 5.92 Å². The summed E-state index contributed by atoms with van der Waals surface area (Å²) in [6, 6.07) is 1.63. The van der Waals surface area contributed by atoms with Crippen LogP contribution in [0.4, 0.5) is 0 Å². The molecule has 1 aliphatic rings. The zero-order valence-corrected chi connectivity index (χ0v) is 10.4. The van der Waals surface area contributed by atoms with Crippen LogP contribution in [0.2, 0.25) is 0 Å². The van der Waals surface area contributed by atoms with Gasteiger partial charge in [0, 0.05) is 12.6 Å². The summed E-state index contributed by atoms with van der Waals surface area (Å²) in [5.74, 6) is -1.31. The first kappa shape index (κ1) is 11.3. The molecule has 5 nitrogen and oxygen atoms in total. The van der Waals surface area contributed by atoms with Crippen LogP contribution in [0, 0.1) is 5.92 Å². The molecule has 0 aromatic carbocycles. The Kier molecular flexibility index (Phi) is 3.09. The van der Waals surface area contributed by atoms with Gasteiger partial charge in [-0.1, -0.05) is 0 Å². The molecule has 86 valence electrons. The maximum atomic E-state index is 12.0. The molecule has 1 aliphatic heterocycles. The highest BCUT2D eigenvalue weighted by Crippen LogP contribution is 2.23. The molecule has 0 N–H and O–H groups in total. The smallest absolute Gasteiger partial charge is 0.316 e. The summed E-state index contributed by atoms with van der Waals surface area (Å²) in [6.45, 7) is 2.59. The molecule has 16 heavy (non-hydrogen) atoms. The van der Waals surface area contributed by atoms with Gasteiger partial charge in [0.1, 0.15) is 16.2 Å². The number of halogens is 1. The van der Waals surface area contributed by atoms with Crippen molar-refractivity contribution >= 4 is 27.7 Å². The van der Waals surface area contributed by atoms with E-state index in [1.54, 1.807) is 17.7 Å². The molecule has 0 radical (unpaired) electrons. The molecule has 1 aromatic heterocycles. The molecule has 0 saturated carbocycles. The monoisotopic (exact) mass is 286 g/mol. The fourth-order valence-corrected chi connectivity index (χ4v) is 2.19. The van der Waals surface area contributed by atoms with Crippen molar-refractivity contribution in [2.45, 2.75) is 19.9 Å². The third-order valence-electron chi connectivity index (χ3n) is 2.52. The summed E-state index contributed by atoms with van der Waals surface area (Å²) in [4.78, 5) is 23.5. The van der Waals surface area contributed by atoms with E-state index in [4.69, 9.17) is 4.74 Å². The van der Waals surface area contributed by atoms with E-state index in [0.717, 1.165) is 0 Å². The molecule has 0 fully saturated rings. The highest BCUT2D eigenvalue weighted by Gasteiger charge is 2.34. The van der Waals surface area contributed by atoms with Crippen molar-refractivity contribution in [3.05, 3.63) is 16.4 Å². The number of aromatic nitrogens is 2. The number of ether oxygens (including phenoxy) is 1. The second-order valence-electron chi connectivity index (χ2n) is 3.53. The van der Waals surface area contributed by atoms with Crippen LogP contribution in [-0.2, 0) is 16.1 Å². The quantitative estimate of drug-likeness (QED) is 0.609. The standard InChI is InChI=1S/C10H11BrN2O3/c1-2-16-10(15)6-3-4-13-7(9(6)14)5-8(11)12-13/h5-6H,2-4H2,1H3. The summed E-state index contributed by atoms with van der Waals surface area (Å²) in [5, 5.41) is 4.10. The normalized spacial score (nSPS) is 19.4. The summed E-state index contributed by atoms with van der Waals surface area (Å²) in [6.07, 6.45) is 0.457. The predicted octanol–water partition coefficient (Wildman–Crippen LogP) is 1.41. The Morgan fingerprint density at radius 3 is 3.19 bits per heavy atom. The van der Waals surface area contributed by atoms with Gasteiger partial charge in [-0.15, -0.1) is 0 Å². The minimum atomic E-state index is -0.670. The first-order valence-electron chi connectivity index (χ1n) is 5.07. The zero-order chi connectivity index (χ0) is 11.7. The third kappa shape index (κ3) is 1.89. The van der Waals surface area contributed by atoms with E-state index >= 15 is 0 Å². The number of carbonyl (C=O) groups is 2. The van der Waals surface area contributed by atoms with Gasteiger partial charge in [0.15, 0.2) is 5.78 Å². The van der Waals surface area contributed by atoms with E-state index in [0.29, 0.717) is 29.9 Å². The van der Waals surface area contributed by atoms with Crippen molar-refractivity contribution < 1.29 is 14.3 Å². The molecule has 0 bridgehead atoms. The molecule has 1 atom stereocenters. The lowest BCUT2D eigenvalue weighted by atomic mass is 9.95. The largest absolute Gasteiger partial charge is 0.465 e. The topological polar surface area (TPSA) is 61.2 Å². The number of nitrogens with zero attached hydrogens (tertiary/aromatic N) is 2. The fraction of sp³-hybridized carbons (Fsp3) is 0.500. The minimum absolute atomic E-state index is 0.206. The van der Waals surface area contributed by atoms with Gasteiger partial charge in [-0.2, -0.15) is 5.10 Å². The van der Waals surface area contributed by atoms with Gasteiger partial charge in [0.05, 0.1) is 6.61 Å². The second-order valence-corrected chi connectivity index (χ2v) is 4.35. The summed E-state index contributed by atoms with van der Waals surface area (Å²) >= 11 is 3.21. The van der Waals surface area contributed by atoms with Gasteiger partial charge in [0.25, 0.3) is 0 Å². The van der Waals surface area contributed by atoms with Crippen molar-refractivity contribution in [2.75, 3.05) is 6.61 Å². The molecule has 1 unspecified atom stereocenters. The van der Waals surface area contributed by atoms with Gasteiger partial charge >= 0.3 is 5.97 Å². The number of ketones is 1. The number of Topliss-reactive ketones (excluding diaryl/α,β-unsaturated/α-hetero) is 1. The van der Waals surface area contributed by atoms with Crippen LogP contribution in [0.3, 0.4) is 0 Å². The Bertz CT molecular complexity index is 441. The molecule has 1 aromatic rings. The molecule has 0 aliphatic carbocycles. The third-order valence-corrected chi connectivity index (χ3v) is 2.91. The van der Waals surface area contributed by atoms with E-state index in [1.165, 1.54) is 0 Å². The fourth-order valence-electron chi connectivity index (χ4n) is 1.78. The number of hydrogen-bond acceptors (Lipinski definition) is 4. The highest BCUT2D eigenvalue weighted by atomic mass is 79.9. The van der Waals surface area contributed by atoms with Crippen molar-refractivity contribution in [1.29, 1.82) is 0 Å². The lowest BCUT2D eigenvalue weighted by Crippen LogP contribution is -2.33. The molecule has 0 spiro atoms. The molecule has 2 rings (SSSR count). The number of carbonyl (C=O) groups excluding carboxylic acids is 2. The molecular weight excluding hydrogens is 276 g/mol. The minimum Gasteiger partial charge on any atom is -0.465 e. The highest BCUT2D eigenvalue weighted by molar-refractivity contribution is 9.10. The molecule has 0 saturated heterocycles. The number of aryl methyl sites for hydroxylation is 1. The number of fused-ring (bicyclic) bond motifs is 1. The van der Waals surface area contributed by atoms with Crippen molar-refractivity contribution in [3.63, 3.8) is 0 Å². The van der Waals surface area contributed by atoms with Crippen molar-refractivity contribution in [3.8, 4) is 0 Å². The van der Waals surface area contributed by atoms with Gasteiger partial charge in [-0.25, -0.2) is 0 Å². The number of esters is 1. The van der Waals surface area contributed by atoms with E-state index in [1.807, 2.05) is 0 Å². The van der Waals surface area contributed by atoms with Crippen LogP contribution in [0.15, 0.2) is 10.7 Å². The number of hydrogen-bond donors (Lipinski definition) is 0. The van der Waals surface area contributed by atoms with E-state index in [-0.39, 0.29) is 5.78 Å². The Morgan fingerprint density at radius 1 is 1.75 bits per heavy atom. The first-order chi connectivity index (χ1) is 7.63. The lowest BCUT2D eigenvalue weighted by Gasteiger charge is -2.20. The SMILES string of the molecule is CCOC(=O)C1CCn2nc(Br)cc2C1=O.